The third-order valence-corrected chi connectivity index (χ3v) is 11.9. The van der Waals surface area contributed by atoms with Crippen molar-refractivity contribution in [1.29, 1.82) is 0 Å². The number of aliphatic hydroxyl groups excluding tert-OH is 2. The lowest BCUT2D eigenvalue weighted by molar-refractivity contribution is -0.335. The first-order valence-electron chi connectivity index (χ1n) is 22.6. The molecule has 0 radical (unpaired) electrons. The van der Waals surface area contributed by atoms with Crippen molar-refractivity contribution < 1.29 is 48.1 Å². The summed E-state index contributed by atoms with van der Waals surface area (Å²) in [5.74, 6) is 0. The minimum Gasteiger partial charge on any atom is -0.387 e. The van der Waals surface area contributed by atoms with E-state index in [0.717, 1.165) is 33.4 Å². The number of azide groups is 1. The summed E-state index contributed by atoms with van der Waals surface area (Å²) in [6, 6.07) is 56.7. The lowest BCUT2D eigenvalue weighted by Gasteiger charge is -2.50. The fourth-order valence-electron chi connectivity index (χ4n) is 8.45. The number of ether oxygens (including phenoxy) is 8. The van der Waals surface area contributed by atoms with Gasteiger partial charge in [0.25, 0.3) is 0 Å². The molecule has 1 heterocycles. The molecule has 11 atom stereocenters. The summed E-state index contributed by atoms with van der Waals surface area (Å²) < 4.78 is 53.5. The summed E-state index contributed by atoms with van der Waals surface area (Å²) in [6.45, 7) is 1.00. The van der Waals surface area contributed by atoms with Gasteiger partial charge >= 0.3 is 0 Å². The predicted molar refractivity (Wildman–Crippen MR) is 250 cm³/mol. The maximum atomic E-state index is 12.3. The van der Waals surface area contributed by atoms with Crippen LogP contribution < -0.4 is 0 Å². The Morgan fingerprint density at radius 2 is 0.746 bits per heavy atom. The topological polar surface area (TPSA) is 163 Å². The maximum absolute atomic E-state index is 12.3. The molecule has 8 rings (SSSR count). The summed E-state index contributed by atoms with van der Waals surface area (Å²) in [7, 11) is 0. The first-order chi connectivity index (χ1) is 33.0. The van der Waals surface area contributed by atoms with Crippen molar-refractivity contribution in [2.45, 2.75) is 107 Å². The smallest absolute Gasteiger partial charge is 0.169 e. The zero-order valence-electron chi connectivity index (χ0n) is 37.1. The van der Waals surface area contributed by atoms with Gasteiger partial charge in [-0.2, -0.15) is 0 Å². The van der Waals surface area contributed by atoms with Gasteiger partial charge in [-0.3, -0.25) is 0 Å². The fourth-order valence-corrected chi connectivity index (χ4v) is 8.45. The Hall–Kier alpha value is -5.77. The molecular formula is C54H57N3O10. The molecule has 0 aromatic heterocycles. The Kier molecular flexibility index (Phi) is 17.7. The second-order valence-corrected chi connectivity index (χ2v) is 16.6. The van der Waals surface area contributed by atoms with Crippen molar-refractivity contribution in [3.63, 3.8) is 0 Å². The third-order valence-electron chi connectivity index (χ3n) is 11.9. The minimum atomic E-state index is -1.60. The number of rotatable bonds is 22. The van der Waals surface area contributed by atoms with E-state index in [9.17, 15) is 15.7 Å². The molecule has 6 aromatic rings. The van der Waals surface area contributed by atoms with Gasteiger partial charge in [0.2, 0.25) is 0 Å². The summed E-state index contributed by atoms with van der Waals surface area (Å²) >= 11 is 0. The van der Waals surface area contributed by atoms with Gasteiger partial charge < -0.3 is 48.1 Å². The van der Waals surface area contributed by atoms with Crippen LogP contribution >= 0.6 is 0 Å². The zero-order valence-corrected chi connectivity index (χ0v) is 37.1. The maximum Gasteiger partial charge on any atom is 0.169 e. The number of nitrogens with zero attached hydrogens (tertiary/aromatic N) is 3. The lowest BCUT2D eigenvalue weighted by Crippen LogP contribution is -2.68. The highest BCUT2D eigenvalue weighted by atomic mass is 16.7. The van der Waals surface area contributed by atoms with E-state index in [-0.39, 0.29) is 46.2 Å². The summed E-state index contributed by atoms with van der Waals surface area (Å²) in [5.41, 5.74) is 15.6. The second kappa shape index (κ2) is 24.8. The molecule has 1 aliphatic carbocycles. The van der Waals surface area contributed by atoms with Gasteiger partial charge in [-0.25, -0.2) is 0 Å². The SMILES string of the molecule is [N-]=[N+]=NC1[C@@H](O[C@@H]2C(O)[C@H](O)C(OCc3ccccc3)C(OCc3ccccc3)[C@@H]2OCc2ccccc2)OC(COCc2ccccc2)[C@@H](OCc2ccccc2)[C@@H]1OCc1ccccc1. The van der Waals surface area contributed by atoms with Gasteiger partial charge in [0.15, 0.2) is 6.29 Å². The van der Waals surface area contributed by atoms with Crippen LogP contribution in [0.15, 0.2) is 187 Å². The summed E-state index contributed by atoms with van der Waals surface area (Å²) in [5, 5.41) is 28.7. The molecule has 1 saturated heterocycles. The molecule has 13 heteroatoms. The molecule has 1 saturated carbocycles. The molecule has 0 bridgehead atoms. The second-order valence-electron chi connectivity index (χ2n) is 16.6. The minimum absolute atomic E-state index is 0.0321. The molecule has 2 aliphatic rings. The molecule has 2 N–H and O–H groups in total. The van der Waals surface area contributed by atoms with E-state index in [2.05, 4.69) is 10.0 Å². The molecule has 5 unspecified atom stereocenters. The number of benzene rings is 6. The van der Waals surface area contributed by atoms with Crippen molar-refractivity contribution in [2.75, 3.05) is 6.61 Å². The highest BCUT2D eigenvalue weighted by Crippen LogP contribution is 2.37. The first-order valence-corrected chi connectivity index (χ1v) is 22.6. The molecule has 6 aromatic carbocycles. The standard InChI is InChI=1S/C54H57N3O10/c55-57-56-45-49(62-33-40-23-11-3-12-24-40)48(61-32-39-21-9-2-10-22-39)44(37-60-31-38-19-7-1-8-20-38)66-54(45)67-51-47(59)46(58)50(63-34-41-25-13-4-14-26-41)52(64-35-42-27-15-5-16-28-42)53(51)65-36-43-29-17-6-18-30-43/h1-30,44-54,58-59H,31-37H2/t44?,45?,46-,47?,48+,49+,50?,51+,52?,53+,54+/m0/s1. The van der Waals surface area contributed by atoms with E-state index in [4.69, 9.17) is 37.9 Å². The average molecular weight is 908 g/mol. The van der Waals surface area contributed by atoms with Gasteiger partial charge in [-0.15, -0.1) is 0 Å². The van der Waals surface area contributed by atoms with E-state index in [0.29, 0.717) is 0 Å². The van der Waals surface area contributed by atoms with E-state index >= 15 is 0 Å². The molecule has 67 heavy (non-hydrogen) atoms. The molecule has 1 aliphatic heterocycles. The highest BCUT2D eigenvalue weighted by Gasteiger charge is 2.56. The van der Waals surface area contributed by atoms with Crippen LogP contribution in [-0.2, 0) is 77.5 Å². The van der Waals surface area contributed by atoms with Crippen LogP contribution in [0.5, 0.6) is 0 Å². The monoisotopic (exact) mass is 907 g/mol. The Morgan fingerprint density at radius 1 is 0.418 bits per heavy atom. The Morgan fingerprint density at radius 3 is 1.15 bits per heavy atom. The Bertz CT molecular complexity index is 2370. The third kappa shape index (κ3) is 13.2. The molecular weight excluding hydrogens is 851 g/mol. The Labute approximate surface area is 391 Å². The van der Waals surface area contributed by atoms with Crippen LogP contribution in [0, 0.1) is 0 Å². The van der Waals surface area contributed by atoms with Crippen molar-refractivity contribution in [1.82, 2.24) is 0 Å². The highest BCUT2D eigenvalue weighted by molar-refractivity contribution is 5.19. The van der Waals surface area contributed by atoms with Gasteiger partial charge in [0, 0.05) is 4.91 Å². The number of aliphatic hydroxyl groups is 2. The molecule has 0 spiro atoms. The van der Waals surface area contributed by atoms with Gasteiger partial charge in [-0.1, -0.05) is 187 Å². The van der Waals surface area contributed by atoms with E-state index in [1.807, 2.05) is 182 Å². The largest absolute Gasteiger partial charge is 0.387 e. The predicted octanol–water partition coefficient (Wildman–Crippen LogP) is 8.65. The lowest BCUT2D eigenvalue weighted by atomic mass is 9.83. The van der Waals surface area contributed by atoms with Crippen LogP contribution in [0.2, 0.25) is 0 Å². The van der Waals surface area contributed by atoms with Gasteiger partial charge in [-0.05, 0) is 38.9 Å². The van der Waals surface area contributed by atoms with Crippen LogP contribution in [0.4, 0.5) is 0 Å². The first kappa shape index (κ1) is 47.7. The van der Waals surface area contributed by atoms with Crippen LogP contribution in [0.1, 0.15) is 33.4 Å². The zero-order chi connectivity index (χ0) is 46.0. The Balaban J connectivity index is 1.15. The molecule has 2 fully saturated rings. The average Bonchev–Trinajstić information content (AvgIpc) is 3.38. The van der Waals surface area contributed by atoms with E-state index < -0.39 is 67.3 Å². The van der Waals surface area contributed by atoms with Crippen molar-refractivity contribution >= 4 is 0 Å². The number of hydrogen-bond donors (Lipinski definition) is 2. The van der Waals surface area contributed by atoms with Crippen molar-refractivity contribution in [2.24, 2.45) is 5.11 Å². The van der Waals surface area contributed by atoms with E-state index in [1.54, 1.807) is 0 Å². The van der Waals surface area contributed by atoms with Crippen LogP contribution in [-0.4, -0.2) is 84.1 Å². The fraction of sp³-hybridized carbons (Fsp3) is 0.333. The van der Waals surface area contributed by atoms with Crippen LogP contribution in [0.3, 0.4) is 0 Å². The normalized spacial score (nSPS) is 26.1. The van der Waals surface area contributed by atoms with Crippen molar-refractivity contribution in [3.05, 3.63) is 226 Å². The van der Waals surface area contributed by atoms with Gasteiger partial charge in [0.05, 0.1) is 46.2 Å². The van der Waals surface area contributed by atoms with Gasteiger partial charge in [0.1, 0.15) is 61.0 Å². The molecule has 348 valence electrons. The summed E-state index contributed by atoms with van der Waals surface area (Å²) in [6.07, 6.45) is -11.6. The molecule has 13 nitrogen and oxygen atoms in total. The van der Waals surface area contributed by atoms with Crippen LogP contribution in [0.25, 0.3) is 10.4 Å². The van der Waals surface area contributed by atoms with E-state index in [1.165, 1.54) is 0 Å². The van der Waals surface area contributed by atoms with Crippen molar-refractivity contribution in [3.8, 4) is 0 Å². The quantitative estimate of drug-likeness (QED) is 0.0383. The molecule has 0 amide bonds. The number of hydrogen-bond acceptors (Lipinski definition) is 11. The summed E-state index contributed by atoms with van der Waals surface area (Å²) in [4.78, 5) is 3.27.